The molecule has 53 heavy (non-hydrogen) atoms. The first-order chi connectivity index (χ1) is 24.8. The molecular formula is C31H44N6O15S. The third kappa shape index (κ3) is 19.7. The molecule has 21 nitrogen and oxygen atoms in total. The van der Waals surface area contributed by atoms with Crippen molar-refractivity contribution >= 4 is 70.7 Å². The van der Waals surface area contributed by atoms with Crippen molar-refractivity contribution in [2.24, 2.45) is 0 Å². The van der Waals surface area contributed by atoms with Crippen LogP contribution in [-0.2, 0) is 44.8 Å². The van der Waals surface area contributed by atoms with Crippen LogP contribution in [-0.4, -0.2) is 174 Å². The number of nitrogens with one attached hydrogen (secondary N) is 3. The van der Waals surface area contributed by atoms with Crippen molar-refractivity contribution in [1.82, 2.24) is 25.3 Å². The quantitative estimate of drug-likeness (QED) is 0.0451. The molecule has 0 saturated carbocycles. The SMILES string of the molecule is CC[C@H](NC(=O)CC[C@H](NC(=S)Nc1ccc(CC(CN(CCN(CC(=O)O)CC(=O)O)CC(=O)O)N(CC(=O)O)CC(=O)O)cc1)C(=O)O)C(=O)O. The van der Waals surface area contributed by atoms with E-state index in [0.717, 1.165) is 9.80 Å². The molecule has 22 heteroatoms. The zero-order chi connectivity index (χ0) is 40.2. The third-order valence-electron chi connectivity index (χ3n) is 7.46. The van der Waals surface area contributed by atoms with Crippen LogP contribution in [0.3, 0.4) is 0 Å². The summed E-state index contributed by atoms with van der Waals surface area (Å²) in [4.78, 5) is 96.1. The van der Waals surface area contributed by atoms with Gasteiger partial charge in [-0.25, -0.2) is 9.59 Å². The van der Waals surface area contributed by atoms with Gasteiger partial charge < -0.3 is 51.7 Å². The first kappa shape index (κ1) is 45.6. The predicted molar refractivity (Wildman–Crippen MR) is 186 cm³/mol. The van der Waals surface area contributed by atoms with Crippen molar-refractivity contribution in [1.29, 1.82) is 0 Å². The number of hydrogen-bond donors (Lipinski definition) is 10. The summed E-state index contributed by atoms with van der Waals surface area (Å²) in [6, 6.07) is 2.86. The number of carboxylic acids is 7. The second kappa shape index (κ2) is 23.2. The summed E-state index contributed by atoms with van der Waals surface area (Å²) in [5.74, 6) is -9.86. The Morgan fingerprint density at radius 3 is 1.58 bits per heavy atom. The molecule has 0 aliphatic heterocycles. The van der Waals surface area contributed by atoms with E-state index in [0.29, 0.717) is 11.3 Å². The Morgan fingerprint density at radius 1 is 0.660 bits per heavy atom. The van der Waals surface area contributed by atoms with Crippen LogP contribution in [0.15, 0.2) is 24.3 Å². The first-order valence-electron chi connectivity index (χ1n) is 16.0. The fraction of sp³-hybridized carbons (Fsp3) is 0.516. The third-order valence-corrected chi connectivity index (χ3v) is 7.68. The first-order valence-corrected chi connectivity index (χ1v) is 16.4. The van der Waals surface area contributed by atoms with Crippen LogP contribution in [0, 0.1) is 0 Å². The van der Waals surface area contributed by atoms with Crippen molar-refractivity contribution < 1.29 is 74.1 Å². The summed E-state index contributed by atoms with van der Waals surface area (Å²) < 4.78 is 0. The van der Waals surface area contributed by atoms with Crippen molar-refractivity contribution in [3.8, 4) is 0 Å². The molecule has 1 aromatic carbocycles. The van der Waals surface area contributed by atoms with Gasteiger partial charge in [-0.2, -0.15) is 0 Å². The zero-order valence-electron chi connectivity index (χ0n) is 28.7. The summed E-state index contributed by atoms with van der Waals surface area (Å²) in [6.07, 6.45) is -0.400. The summed E-state index contributed by atoms with van der Waals surface area (Å²) in [6.45, 7) is -2.37. The van der Waals surface area contributed by atoms with E-state index in [1.54, 1.807) is 19.1 Å². The molecule has 0 radical (unpaired) electrons. The normalized spacial score (nSPS) is 12.8. The van der Waals surface area contributed by atoms with E-state index < -0.39 is 98.5 Å². The topological polar surface area (TPSA) is 324 Å². The standard InChI is InChI=1S/C31H44N6O15S/c1-2-21(29(49)50)33-23(38)8-7-22(30(51)52)34-31(53)32-19-5-3-18(4-6-19)11-20(37(16-27(45)46)17-28(47)48)12-35(13-24(39)40)9-10-36(14-25(41)42)15-26(43)44/h3-6,20-22H,2,7-17H2,1H3,(H,33,38)(H,39,40)(H,41,42)(H,43,44)(H,45,46)(H,47,48)(H,49,50)(H,51,52)(H2,32,34,53)/t20?,21-,22-/m0/s1. The van der Waals surface area contributed by atoms with E-state index >= 15 is 0 Å². The van der Waals surface area contributed by atoms with E-state index in [-0.39, 0.29) is 50.4 Å². The van der Waals surface area contributed by atoms with Crippen LogP contribution in [0.2, 0.25) is 0 Å². The summed E-state index contributed by atoms with van der Waals surface area (Å²) in [5, 5.41) is 73.1. The van der Waals surface area contributed by atoms with Crippen LogP contribution >= 0.6 is 12.2 Å². The van der Waals surface area contributed by atoms with Crippen molar-refractivity contribution in [2.45, 2.75) is 50.7 Å². The molecule has 0 spiro atoms. The lowest BCUT2D eigenvalue weighted by Gasteiger charge is -2.34. The van der Waals surface area contributed by atoms with Gasteiger partial charge in [0, 0.05) is 37.8 Å². The number of aliphatic carboxylic acids is 7. The minimum atomic E-state index is -1.36. The van der Waals surface area contributed by atoms with Gasteiger partial charge in [0.1, 0.15) is 12.1 Å². The second-order valence-corrected chi connectivity index (χ2v) is 12.2. The van der Waals surface area contributed by atoms with Gasteiger partial charge in [-0.15, -0.1) is 0 Å². The second-order valence-electron chi connectivity index (χ2n) is 11.8. The molecule has 0 saturated heterocycles. The average Bonchev–Trinajstić information content (AvgIpc) is 3.03. The largest absolute Gasteiger partial charge is 0.480 e. The Bertz CT molecular complexity index is 1450. The van der Waals surface area contributed by atoms with E-state index in [1.165, 1.54) is 17.0 Å². The molecule has 1 rings (SSSR count). The molecule has 0 heterocycles. The number of amides is 1. The lowest BCUT2D eigenvalue weighted by molar-refractivity contribution is -0.144. The fourth-order valence-corrected chi connectivity index (χ4v) is 5.29. The molecule has 1 amide bonds. The highest BCUT2D eigenvalue weighted by molar-refractivity contribution is 7.80. The molecule has 1 unspecified atom stereocenters. The molecule has 0 aliphatic carbocycles. The van der Waals surface area contributed by atoms with Gasteiger partial charge >= 0.3 is 41.8 Å². The van der Waals surface area contributed by atoms with Gasteiger partial charge in [0.15, 0.2) is 5.11 Å². The smallest absolute Gasteiger partial charge is 0.326 e. The van der Waals surface area contributed by atoms with Crippen LogP contribution in [0.25, 0.3) is 0 Å². The van der Waals surface area contributed by atoms with E-state index in [2.05, 4.69) is 16.0 Å². The summed E-state index contributed by atoms with van der Waals surface area (Å²) >= 11 is 5.22. The lowest BCUT2D eigenvalue weighted by Crippen LogP contribution is -2.51. The number of benzene rings is 1. The van der Waals surface area contributed by atoms with E-state index in [1.807, 2.05) is 0 Å². The highest BCUT2D eigenvalue weighted by Gasteiger charge is 2.28. The van der Waals surface area contributed by atoms with Gasteiger partial charge in [-0.3, -0.25) is 43.5 Å². The lowest BCUT2D eigenvalue weighted by atomic mass is 10.0. The molecule has 0 bridgehead atoms. The number of nitrogens with zero attached hydrogens (tertiary/aromatic N) is 3. The minimum Gasteiger partial charge on any atom is -0.480 e. The summed E-state index contributed by atoms with van der Waals surface area (Å²) in [7, 11) is 0. The molecule has 3 atom stereocenters. The van der Waals surface area contributed by atoms with Crippen LogP contribution < -0.4 is 16.0 Å². The fourth-order valence-electron chi connectivity index (χ4n) is 5.03. The van der Waals surface area contributed by atoms with Crippen molar-refractivity contribution in [3.05, 3.63) is 29.8 Å². The monoisotopic (exact) mass is 772 g/mol. The van der Waals surface area contributed by atoms with Crippen LogP contribution in [0.1, 0.15) is 31.7 Å². The van der Waals surface area contributed by atoms with Gasteiger partial charge in [0.05, 0.1) is 32.7 Å². The molecule has 0 fully saturated rings. The highest BCUT2D eigenvalue weighted by atomic mass is 32.1. The Labute approximate surface area is 308 Å². The highest BCUT2D eigenvalue weighted by Crippen LogP contribution is 2.16. The number of carbonyl (C=O) groups is 8. The molecule has 1 aromatic rings. The van der Waals surface area contributed by atoms with Gasteiger partial charge in [0.2, 0.25) is 5.91 Å². The van der Waals surface area contributed by atoms with E-state index in [9.17, 15) is 58.8 Å². The Morgan fingerprint density at radius 2 is 1.13 bits per heavy atom. The molecule has 0 aliphatic rings. The Balaban J connectivity index is 3.15. The molecule has 0 aromatic heterocycles. The number of rotatable bonds is 27. The zero-order valence-corrected chi connectivity index (χ0v) is 29.5. The van der Waals surface area contributed by atoms with Crippen LogP contribution in [0.5, 0.6) is 0 Å². The predicted octanol–water partition coefficient (Wildman–Crippen LogP) is -1.57. The number of carboxylic acid groups (broad SMARTS) is 7. The summed E-state index contributed by atoms with van der Waals surface area (Å²) in [5.41, 5.74) is 0.907. The maximum Gasteiger partial charge on any atom is 0.326 e. The molecular weight excluding hydrogens is 728 g/mol. The molecule has 294 valence electrons. The van der Waals surface area contributed by atoms with Gasteiger partial charge in [-0.1, -0.05) is 19.1 Å². The Kier molecular flexibility index (Phi) is 19.9. The van der Waals surface area contributed by atoms with Crippen molar-refractivity contribution in [3.63, 3.8) is 0 Å². The van der Waals surface area contributed by atoms with Gasteiger partial charge in [0.25, 0.3) is 0 Å². The minimum absolute atomic E-state index is 0.00244. The van der Waals surface area contributed by atoms with Crippen molar-refractivity contribution in [2.75, 3.05) is 57.7 Å². The van der Waals surface area contributed by atoms with E-state index in [4.69, 9.17) is 27.5 Å². The maximum atomic E-state index is 12.1. The number of thiocarbonyl (C=S) groups is 1. The van der Waals surface area contributed by atoms with Crippen LogP contribution in [0.4, 0.5) is 5.69 Å². The molecule has 10 N–H and O–H groups in total. The van der Waals surface area contributed by atoms with Gasteiger partial charge in [-0.05, 0) is 49.2 Å². The Hall–Kier alpha value is -5.45. The average molecular weight is 773 g/mol. The number of hydrogen-bond acceptors (Lipinski definition) is 12. The number of carbonyl (C=O) groups excluding carboxylic acids is 1. The number of anilines is 1. The maximum absolute atomic E-state index is 12.1.